The molecule has 1 amide bonds. The molecule has 4 aromatic heterocycles. The summed E-state index contributed by atoms with van der Waals surface area (Å²) in [5.74, 6) is 0.289. The van der Waals surface area contributed by atoms with E-state index in [2.05, 4.69) is 27.2 Å². The summed E-state index contributed by atoms with van der Waals surface area (Å²) in [7, 11) is 2.12. The minimum absolute atomic E-state index is 0.0290. The van der Waals surface area contributed by atoms with Gasteiger partial charge in [0.15, 0.2) is 11.5 Å². The van der Waals surface area contributed by atoms with Crippen LogP contribution in [0.15, 0.2) is 55.1 Å². The number of quaternary nitrogens is 1. The zero-order valence-electron chi connectivity index (χ0n) is 22.5. The van der Waals surface area contributed by atoms with Crippen LogP contribution in [0.25, 0.3) is 16.9 Å². The van der Waals surface area contributed by atoms with Gasteiger partial charge in [-0.15, -0.1) is 0 Å². The van der Waals surface area contributed by atoms with E-state index in [0.29, 0.717) is 22.7 Å². The largest absolute Gasteiger partial charge is 0.444 e. The molecule has 202 valence electrons. The predicted molar refractivity (Wildman–Crippen MR) is 146 cm³/mol. The number of amides is 1. The highest BCUT2D eigenvalue weighted by Crippen LogP contribution is 2.45. The van der Waals surface area contributed by atoms with Crippen LogP contribution in [0.5, 0.6) is 0 Å². The number of imidazole rings is 1. The van der Waals surface area contributed by atoms with Crippen molar-refractivity contribution in [2.75, 3.05) is 25.0 Å². The first-order valence-electron chi connectivity index (χ1n) is 13.1. The lowest BCUT2D eigenvalue weighted by Gasteiger charge is -2.49. The van der Waals surface area contributed by atoms with Gasteiger partial charge in [-0.25, -0.2) is 13.7 Å². The van der Waals surface area contributed by atoms with E-state index >= 15 is 0 Å². The van der Waals surface area contributed by atoms with Crippen molar-refractivity contribution in [3.8, 4) is 11.4 Å². The van der Waals surface area contributed by atoms with E-state index in [4.69, 9.17) is 14.8 Å². The molecule has 1 saturated heterocycles. The van der Waals surface area contributed by atoms with Crippen LogP contribution in [0.1, 0.15) is 33.6 Å². The van der Waals surface area contributed by atoms with Gasteiger partial charge in [-0.3, -0.25) is 9.97 Å². The molecule has 1 fully saturated rings. The van der Waals surface area contributed by atoms with Gasteiger partial charge in [0.05, 0.1) is 31.0 Å². The van der Waals surface area contributed by atoms with Gasteiger partial charge in [0.2, 0.25) is 0 Å². The summed E-state index contributed by atoms with van der Waals surface area (Å²) in [5.41, 5.74) is 2.92. The van der Waals surface area contributed by atoms with Gasteiger partial charge in [-0.2, -0.15) is 14.6 Å². The standard InChI is InChI=1S/C28H31FN8O2/c1-28(2,3)39-27(38)33-18-7-8-20-17-37(4,24-15-30-13-11-23(24)35(20)16-18)26-32-14-19-9-10-22(34-36(19)26)25-21(29)6-5-12-31-25/h5-6,9-15,18,20H,7-8,16-17H2,1-4H3/p+1/t18-,20+,37?/m0/s1. The minimum Gasteiger partial charge on any atom is -0.444 e. The van der Waals surface area contributed by atoms with E-state index < -0.39 is 17.5 Å². The zero-order valence-corrected chi connectivity index (χ0v) is 22.5. The Morgan fingerprint density at radius 2 is 1.97 bits per heavy atom. The van der Waals surface area contributed by atoms with Crippen LogP contribution in [-0.2, 0) is 4.74 Å². The first-order valence-corrected chi connectivity index (χ1v) is 13.1. The first-order chi connectivity index (χ1) is 18.6. The van der Waals surface area contributed by atoms with Crippen LogP contribution in [0.3, 0.4) is 0 Å². The van der Waals surface area contributed by atoms with Crippen molar-refractivity contribution >= 4 is 28.9 Å². The third-order valence-corrected chi connectivity index (χ3v) is 7.43. The average Bonchev–Trinajstić information content (AvgIpc) is 3.33. The molecule has 0 spiro atoms. The summed E-state index contributed by atoms with van der Waals surface area (Å²) in [5, 5.41) is 7.83. The molecule has 0 aliphatic carbocycles. The number of hydrogen-bond acceptors (Lipinski definition) is 7. The van der Waals surface area contributed by atoms with E-state index in [-0.39, 0.29) is 17.8 Å². The number of halogens is 1. The van der Waals surface area contributed by atoms with Crippen LogP contribution in [-0.4, -0.2) is 68.5 Å². The van der Waals surface area contributed by atoms with Crippen LogP contribution in [0.4, 0.5) is 26.5 Å². The summed E-state index contributed by atoms with van der Waals surface area (Å²) in [6.45, 7) is 6.99. The molecule has 10 nitrogen and oxygen atoms in total. The highest BCUT2D eigenvalue weighted by Gasteiger charge is 2.47. The number of nitrogens with one attached hydrogen (secondary N) is 1. The summed E-state index contributed by atoms with van der Waals surface area (Å²) in [6, 6.07) is 8.79. The Balaban J connectivity index is 1.36. The number of pyridine rings is 2. The molecular weight excluding hydrogens is 499 g/mol. The molecule has 6 rings (SSSR count). The topological polar surface area (TPSA) is 97.5 Å². The van der Waals surface area contributed by atoms with Gasteiger partial charge in [0.1, 0.15) is 29.2 Å². The van der Waals surface area contributed by atoms with Crippen LogP contribution < -0.4 is 14.7 Å². The molecule has 0 bridgehead atoms. The second-order valence-electron chi connectivity index (χ2n) is 11.4. The number of piperidine rings is 1. The number of aromatic nitrogens is 5. The minimum atomic E-state index is -0.548. The predicted octanol–water partition coefficient (Wildman–Crippen LogP) is 4.47. The molecule has 11 heteroatoms. The molecule has 39 heavy (non-hydrogen) atoms. The highest BCUT2D eigenvalue weighted by atomic mass is 19.1. The number of nitrogens with zero attached hydrogens (tertiary/aromatic N) is 7. The SMILES string of the molecule is CC(C)(C)OC(=O)N[C@H]1CC[C@@H]2C[N+](C)(c3ncc4ccc(-c5ncccc5F)nn34)c3cnccc3N2C1. The number of carbonyl (C=O) groups is 1. The second kappa shape index (κ2) is 9.26. The summed E-state index contributed by atoms with van der Waals surface area (Å²) in [6.07, 6.45) is 8.34. The fraction of sp³-hybridized carbons (Fsp3) is 0.393. The van der Waals surface area contributed by atoms with Gasteiger partial charge < -0.3 is 15.0 Å². The Kier molecular flexibility index (Phi) is 5.98. The number of carbonyl (C=O) groups excluding carboxylic acids is 1. The Morgan fingerprint density at radius 1 is 1.13 bits per heavy atom. The van der Waals surface area contributed by atoms with Crippen molar-refractivity contribution in [3.63, 3.8) is 0 Å². The Hall–Kier alpha value is -4.12. The van der Waals surface area contributed by atoms with E-state index in [9.17, 15) is 9.18 Å². The fourth-order valence-electron chi connectivity index (χ4n) is 5.72. The van der Waals surface area contributed by atoms with Gasteiger partial charge in [-0.1, -0.05) is 0 Å². The molecule has 6 heterocycles. The number of likely N-dealkylation sites (N-methyl/N-ethyl adjacent to an activating group) is 1. The van der Waals surface area contributed by atoms with E-state index in [0.717, 1.165) is 36.3 Å². The molecular formula is C28H32FN8O2+. The van der Waals surface area contributed by atoms with Crippen LogP contribution >= 0.6 is 0 Å². The van der Waals surface area contributed by atoms with Crippen molar-refractivity contribution in [3.05, 3.63) is 60.9 Å². The van der Waals surface area contributed by atoms with E-state index in [1.807, 2.05) is 39.1 Å². The Labute approximate surface area is 226 Å². The molecule has 2 aliphatic heterocycles. The second-order valence-corrected chi connectivity index (χ2v) is 11.4. The van der Waals surface area contributed by atoms with Crippen molar-refractivity contribution in [1.82, 2.24) is 34.4 Å². The van der Waals surface area contributed by atoms with Crippen molar-refractivity contribution in [2.45, 2.75) is 51.3 Å². The maximum absolute atomic E-state index is 14.5. The molecule has 3 atom stereocenters. The molecule has 0 saturated carbocycles. The number of ether oxygens (including phenoxy) is 1. The number of hydrogen-bond donors (Lipinski definition) is 1. The van der Waals surface area contributed by atoms with Gasteiger partial charge in [0, 0.05) is 25.0 Å². The van der Waals surface area contributed by atoms with Gasteiger partial charge in [-0.05, 0) is 63.9 Å². The number of alkyl carbamates (subject to hydrolysis) is 1. The van der Waals surface area contributed by atoms with Crippen LogP contribution in [0, 0.1) is 5.82 Å². The molecule has 1 N–H and O–H groups in total. The first kappa shape index (κ1) is 25.2. The Morgan fingerprint density at radius 3 is 2.77 bits per heavy atom. The normalized spacial score (nSPS) is 22.7. The lowest BCUT2D eigenvalue weighted by atomic mass is 9.93. The Bertz CT molecular complexity index is 1550. The monoisotopic (exact) mass is 531 g/mol. The number of rotatable bonds is 3. The third kappa shape index (κ3) is 4.56. The highest BCUT2D eigenvalue weighted by molar-refractivity contribution is 5.75. The van der Waals surface area contributed by atoms with Gasteiger partial charge in [0.25, 0.3) is 0 Å². The smallest absolute Gasteiger partial charge is 0.407 e. The summed E-state index contributed by atoms with van der Waals surface area (Å²) in [4.78, 5) is 28.3. The average molecular weight is 532 g/mol. The van der Waals surface area contributed by atoms with Gasteiger partial charge >= 0.3 is 12.0 Å². The van der Waals surface area contributed by atoms with Crippen molar-refractivity contribution in [2.24, 2.45) is 0 Å². The molecule has 0 aromatic carbocycles. The summed E-state index contributed by atoms with van der Waals surface area (Å²) < 4.78 is 22.2. The van der Waals surface area contributed by atoms with Crippen LogP contribution in [0.2, 0.25) is 0 Å². The van der Waals surface area contributed by atoms with Crippen molar-refractivity contribution < 1.29 is 13.9 Å². The lowest BCUT2D eigenvalue weighted by molar-refractivity contribution is 0.0496. The quantitative estimate of drug-likeness (QED) is 0.390. The third-order valence-electron chi connectivity index (χ3n) is 7.43. The molecule has 1 unspecified atom stereocenters. The van der Waals surface area contributed by atoms with E-state index in [1.165, 1.54) is 6.07 Å². The summed E-state index contributed by atoms with van der Waals surface area (Å²) >= 11 is 0. The number of fused-ring (bicyclic) bond motifs is 4. The molecule has 4 aromatic rings. The lowest BCUT2D eigenvalue weighted by Crippen LogP contribution is -2.62. The maximum atomic E-state index is 14.5. The van der Waals surface area contributed by atoms with Crippen molar-refractivity contribution in [1.29, 1.82) is 0 Å². The van der Waals surface area contributed by atoms with E-state index in [1.54, 1.807) is 35.2 Å². The maximum Gasteiger partial charge on any atom is 0.407 e. The fourth-order valence-corrected chi connectivity index (χ4v) is 5.72. The zero-order chi connectivity index (χ0) is 27.4. The molecule has 0 radical (unpaired) electrons. The number of anilines is 1. The molecule has 2 aliphatic rings.